The van der Waals surface area contributed by atoms with Gasteiger partial charge in [0.05, 0.1) is 7.11 Å². The molecule has 0 fully saturated rings. The van der Waals surface area contributed by atoms with Crippen LogP contribution in [0, 0.1) is 0 Å². The second-order valence-corrected chi connectivity index (χ2v) is 3.34. The van der Waals surface area contributed by atoms with Crippen LogP contribution in [-0.2, 0) is 4.74 Å². The monoisotopic (exact) mass is 196 g/mol. The Morgan fingerprint density at radius 1 is 1.38 bits per heavy atom. The van der Waals surface area contributed by atoms with E-state index in [2.05, 4.69) is 4.74 Å². The number of thioether (sulfide) groups is 1. The van der Waals surface area contributed by atoms with Crippen molar-refractivity contribution in [3.05, 3.63) is 35.8 Å². The lowest BCUT2D eigenvalue weighted by Crippen LogP contribution is -1.83. The van der Waals surface area contributed by atoms with E-state index in [0.29, 0.717) is 0 Å². The third kappa shape index (κ3) is 3.03. The lowest BCUT2D eigenvalue weighted by atomic mass is 10.2. The minimum absolute atomic E-state index is 0.0723. The Morgan fingerprint density at radius 3 is 2.46 bits per heavy atom. The summed E-state index contributed by atoms with van der Waals surface area (Å²) in [5.74, 6) is -0.0723. The summed E-state index contributed by atoms with van der Waals surface area (Å²) in [7, 11) is 1.43. The lowest BCUT2D eigenvalue weighted by Gasteiger charge is -1.98. The van der Waals surface area contributed by atoms with Crippen molar-refractivity contribution in [3.63, 3.8) is 0 Å². The van der Waals surface area contributed by atoms with E-state index in [9.17, 15) is 0 Å². The summed E-state index contributed by atoms with van der Waals surface area (Å²) >= 11 is 1.69. The Kier molecular flexibility index (Phi) is 3.71. The second-order valence-electron chi connectivity index (χ2n) is 2.46. The molecule has 0 unspecified atom stereocenters. The largest absolute Gasteiger partial charge is 0.481 e. The number of rotatable bonds is 3. The highest BCUT2D eigenvalue weighted by molar-refractivity contribution is 7.98. The van der Waals surface area contributed by atoms with E-state index in [-0.39, 0.29) is 5.95 Å². The van der Waals surface area contributed by atoms with Gasteiger partial charge in [0.15, 0.2) is 0 Å². The predicted molar refractivity (Wildman–Crippen MR) is 55.8 cm³/mol. The van der Waals surface area contributed by atoms with Gasteiger partial charge in [-0.1, -0.05) is 12.1 Å². The van der Waals surface area contributed by atoms with Gasteiger partial charge in [-0.3, -0.25) is 0 Å². The molecule has 0 saturated carbocycles. The molecule has 0 heterocycles. The molecule has 1 rings (SSSR count). The molecular formula is C10H12O2S. The first-order valence-corrected chi connectivity index (χ1v) is 5.07. The Labute approximate surface area is 82.2 Å². The normalized spacial score (nSPS) is 11.4. The number of hydrogen-bond donors (Lipinski definition) is 1. The fraction of sp³-hybridized carbons (Fsp3) is 0.200. The molecule has 3 heteroatoms. The summed E-state index contributed by atoms with van der Waals surface area (Å²) in [5, 5.41) is 9.07. The minimum atomic E-state index is -0.0723. The molecule has 0 aliphatic heterocycles. The summed E-state index contributed by atoms with van der Waals surface area (Å²) in [6.45, 7) is 0. The van der Waals surface area contributed by atoms with Crippen molar-refractivity contribution in [2.75, 3.05) is 13.4 Å². The van der Waals surface area contributed by atoms with E-state index in [4.69, 9.17) is 5.11 Å². The molecule has 1 aromatic carbocycles. The average molecular weight is 196 g/mol. The van der Waals surface area contributed by atoms with Crippen molar-refractivity contribution in [3.8, 4) is 0 Å². The van der Waals surface area contributed by atoms with Crippen LogP contribution < -0.4 is 0 Å². The average Bonchev–Trinajstić information content (AvgIpc) is 2.19. The van der Waals surface area contributed by atoms with Crippen molar-refractivity contribution in [2.45, 2.75) is 4.90 Å². The summed E-state index contributed by atoms with van der Waals surface area (Å²) in [4.78, 5) is 1.20. The lowest BCUT2D eigenvalue weighted by molar-refractivity contribution is 0.141. The maximum absolute atomic E-state index is 9.07. The highest BCUT2D eigenvalue weighted by atomic mass is 32.2. The van der Waals surface area contributed by atoms with Gasteiger partial charge in [0, 0.05) is 11.0 Å². The van der Waals surface area contributed by atoms with E-state index in [1.165, 1.54) is 12.0 Å². The minimum Gasteiger partial charge on any atom is -0.481 e. The van der Waals surface area contributed by atoms with E-state index >= 15 is 0 Å². The van der Waals surface area contributed by atoms with E-state index in [1.807, 2.05) is 30.5 Å². The predicted octanol–water partition coefficient (Wildman–Crippen LogP) is 2.91. The van der Waals surface area contributed by atoms with E-state index in [0.717, 1.165) is 5.56 Å². The van der Waals surface area contributed by atoms with Gasteiger partial charge in [-0.05, 0) is 24.0 Å². The summed E-state index contributed by atoms with van der Waals surface area (Å²) < 4.78 is 4.62. The fourth-order valence-corrected chi connectivity index (χ4v) is 1.31. The van der Waals surface area contributed by atoms with Crippen LogP contribution in [0.1, 0.15) is 5.56 Å². The van der Waals surface area contributed by atoms with Gasteiger partial charge in [0.25, 0.3) is 5.95 Å². The number of methoxy groups -OCH3 is 1. The number of benzene rings is 1. The van der Waals surface area contributed by atoms with Crippen molar-refractivity contribution < 1.29 is 9.84 Å². The van der Waals surface area contributed by atoms with Crippen LogP contribution in [-0.4, -0.2) is 18.5 Å². The zero-order valence-corrected chi connectivity index (χ0v) is 8.47. The topological polar surface area (TPSA) is 29.5 Å². The number of hydrogen-bond acceptors (Lipinski definition) is 3. The van der Waals surface area contributed by atoms with Gasteiger partial charge in [-0.2, -0.15) is 0 Å². The summed E-state index contributed by atoms with van der Waals surface area (Å²) in [5.41, 5.74) is 0.928. The first kappa shape index (κ1) is 9.99. The molecule has 0 aliphatic carbocycles. The van der Waals surface area contributed by atoms with Crippen molar-refractivity contribution in [1.82, 2.24) is 0 Å². The molecule has 0 aromatic heterocycles. The van der Waals surface area contributed by atoms with Crippen LogP contribution in [0.2, 0.25) is 0 Å². The maximum Gasteiger partial charge on any atom is 0.276 e. The van der Waals surface area contributed by atoms with Crippen molar-refractivity contribution >= 4 is 17.8 Å². The van der Waals surface area contributed by atoms with Crippen molar-refractivity contribution in [1.29, 1.82) is 0 Å². The number of aliphatic hydroxyl groups excluding tert-OH is 1. The molecule has 0 aliphatic rings. The molecule has 70 valence electrons. The third-order valence-corrected chi connectivity index (χ3v) is 2.36. The molecule has 2 nitrogen and oxygen atoms in total. The number of ether oxygens (including phenoxy) is 1. The molecule has 0 atom stereocenters. The van der Waals surface area contributed by atoms with Gasteiger partial charge in [-0.25, -0.2) is 0 Å². The van der Waals surface area contributed by atoms with Gasteiger partial charge in [-0.15, -0.1) is 11.8 Å². The second kappa shape index (κ2) is 4.82. The molecule has 0 radical (unpaired) electrons. The molecule has 0 amide bonds. The Morgan fingerprint density at radius 2 is 2.00 bits per heavy atom. The van der Waals surface area contributed by atoms with Crippen LogP contribution in [0.5, 0.6) is 0 Å². The van der Waals surface area contributed by atoms with Crippen LogP contribution in [0.15, 0.2) is 35.1 Å². The third-order valence-electron chi connectivity index (χ3n) is 1.62. The van der Waals surface area contributed by atoms with Gasteiger partial charge in [0.1, 0.15) is 0 Å². The van der Waals surface area contributed by atoms with E-state index < -0.39 is 0 Å². The number of aliphatic hydroxyl groups is 1. The molecule has 0 saturated heterocycles. The Bertz CT molecular complexity index is 290. The first-order chi connectivity index (χ1) is 6.26. The quantitative estimate of drug-likeness (QED) is 0.595. The van der Waals surface area contributed by atoms with Crippen LogP contribution in [0.3, 0.4) is 0 Å². The molecule has 13 heavy (non-hydrogen) atoms. The molecule has 0 bridgehead atoms. The maximum atomic E-state index is 9.07. The van der Waals surface area contributed by atoms with Crippen molar-refractivity contribution in [2.24, 2.45) is 0 Å². The fourth-order valence-electron chi connectivity index (χ4n) is 0.902. The summed E-state index contributed by atoms with van der Waals surface area (Å²) in [6.07, 6.45) is 3.60. The molecule has 1 N–H and O–H groups in total. The molecule has 0 spiro atoms. The zero-order valence-electron chi connectivity index (χ0n) is 7.65. The standard InChI is InChI=1S/C10H12O2S/c1-12-10(11)7-8-3-5-9(13-2)6-4-8/h3-7,11H,1-2H3/b10-7-. The van der Waals surface area contributed by atoms with Gasteiger partial charge in [0.2, 0.25) is 0 Å². The SMILES string of the molecule is CO/C(O)=C\c1ccc(SC)cc1. The van der Waals surface area contributed by atoms with Crippen LogP contribution >= 0.6 is 11.8 Å². The molecule has 1 aromatic rings. The summed E-state index contributed by atoms with van der Waals surface area (Å²) in [6, 6.07) is 7.86. The van der Waals surface area contributed by atoms with Crippen LogP contribution in [0.25, 0.3) is 6.08 Å². The highest BCUT2D eigenvalue weighted by Crippen LogP contribution is 2.16. The highest BCUT2D eigenvalue weighted by Gasteiger charge is 1.93. The molecular weight excluding hydrogens is 184 g/mol. The first-order valence-electron chi connectivity index (χ1n) is 3.85. The van der Waals surface area contributed by atoms with Crippen LogP contribution in [0.4, 0.5) is 0 Å². The van der Waals surface area contributed by atoms with Gasteiger partial charge < -0.3 is 9.84 Å². The van der Waals surface area contributed by atoms with E-state index in [1.54, 1.807) is 17.8 Å². The Hall–Kier alpha value is -1.09. The zero-order chi connectivity index (χ0) is 9.68. The van der Waals surface area contributed by atoms with Gasteiger partial charge >= 0.3 is 0 Å². The smallest absolute Gasteiger partial charge is 0.276 e. The Balaban J connectivity index is 2.80.